The maximum atomic E-state index is 12.8. The third kappa shape index (κ3) is 5.81. The molecule has 0 radical (unpaired) electrons. The molecule has 0 aromatic heterocycles. The van der Waals surface area contributed by atoms with Crippen LogP contribution in [-0.2, 0) is 14.3 Å². The van der Waals surface area contributed by atoms with Crippen molar-refractivity contribution in [3.8, 4) is 0 Å². The first-order chi connectivity index (χ1) is 15.0. The lowest BCUT2D eigenvalue weighted by molar-refractivity contribution is -0.146. The van der Waals surface area contributed by atoms with Crippen molar-refractivity contribution in [2.24, 2.45) is 0 Å². The van der Waals surface area contributed by atoms with Crippen LogP contribution < -0.4 is 10.6 Å². The molecule has 9 heteroatoms. The first-order valence-electron chi connectivity index (χ1n) is 9.92. The van der Waals surface area contributed by atoms with Crippen LogP contribution in [0.1, 0.15) is 13.3 Å². The van der Waals surface area contributed by atoms with Crippen molar-refractivity contribution in [1.82, 2.24) is 9.80 Å². The van der Waals surface area contributed by atoms with Gasteiger partial charge >= 0.3 is 18.0 Å². The SMILES string of the molecule is CCOC(=O)CC1CN(C(=O)Nc2ccccc2)C(=O)CN1C(=O)Nc1ccccc1. The molecule has 1 atom stereocenters. The summed E-state index contributed by atoms with van der Waals surface area (Å²) in [5.41, 5.74) is 1.09. The van der Waals surface area contributed by atoms with Crippen LogP contribution in [-0.4, -0.2) is 59.5 Å². The van der Waals surface area contributed by atoms with Crippen molar-refractivity contribution in [3.05, 3.63) is 60.7 Å². The Morgan fingerprint density at radius 2 is 1.48 bits per heavy atom. The fourth-order valence-corrected chi connectivity index (χ4v) is 3.22. The van der Waals surface area contributed by atoms with Gasteiger partial charge in [-0.2, -0.15) is 0 Å². The summed E-state index contributed by atoms with van der Waals surface area (Å²) in [6, 6.07) is 15.6. The number of urea groups is 2. The second-order valence-electron chi connectivity index (χ2n) is 6.89. The van der Waals surface area contributed by atoms with Crippen LogP contribution in [0.5, 0.6) is 0 Å². The molecule has 2 aromatic rings. The molecule has 0 saturated carbocycles. The Balaban J connectivity index is 1.75. The molecule has 1 aliphatic heterocycles. The summed E-state index contributed by atoms with van der Waals surface area (Å²) in [6.45, 7) is 1.41. The third-order valence-corrected chi connectivity index (χ3v) is 4.70. The number of hydrogen-bond acceptors (Lipinski definition) is 5. The highest BCUT2D eigenvalue weighted by Gasteiger charge is 2.39. The van der Waals surface area contributed by atoms with Crippen molar-refractivity contribution in [1.29, 1.82) is 0 Å². The number of imide groups is 1. The number of rotatable bonds is 5. The lowest BCUT2D eigenvalue weighted by atomic mass is 10.1. The summed E-state index contributed by atoms with van der Waals surface area (Å²) in [4.78, 5) is 52.5. The number of benzene rings is 2. The second kappa shape index (κ2) is 10.2. The molecule has 3 rings (SSSR count). The number of nitrogens with one attached hydrogen (secondary N) is 2. The number of hydrogen-bond donors (Lipinski definition) is 2. The molecule has 2 N–H and O–H groups in total. The molecule has 9 nitrogen and oxygen atoms in total. The number of piperazine rings is 1. The van der Waals surface area contributed by atoms with Crippen LogP contribution in [0, 0.1) is 0 Å². The minimum Gasteiger partial charge on any atom is -0.466 e. The lowest BCUT2D eigenvalue weighted by Gasteiger charge is -2.39. The standard InChI is InChI=1S/C22H24N4O5/c1-2-31-20(28)13-18-14-26(22(30)24-17-11-7-4-8-12-17)19(27)15-25(18)21(29)23-16-9-5-3-6-10-16/h3-12,18H,2,13-15H2,1H3,(H,23,29)(H,24,30). The maximum Gasteiger partial charge on any atom is 0.328 e. The van der Waals surface area contributed by atoms with Crippen LogP contribution in [0.15, 0.2) is 60.7 Å². The highest BCUT2D eigenvalue weighted by Crippen LogP contribution is 2.19. The Morgan fingerprint density at radius 1 is 0.935 bits per heavy atom. The van der Waals surface area contributed by atoms with E-state index < -0.39 is 30.0 Å². The molecule has 1 saturated heterocycles. The number of para-hydroxylation sites is 2. The average molecular weight is 424 g/mol. The van der Waals surface area contributed by atoms with Crippen LogP contribution in [0.4, 0.5) is 21.0 Å². The zero-order chi connectivity index (χ0) is 22.2. The predicted molar refractivity (Wildman–Crippen MR) is 114 cm³/mol. The van der Waals surface area contributed by atoms with Gasteiger partial charge in [-0.3, -0.25) is 14.5 Å². The van der Waals surface area contributed by atoms with Gasteiger partial charge in [0.25, 0.3) is 0 Å². The lowest BCUT2D eigenvalue weighted by Crippen LogP contribution is -2.61. The van der Waals surface area contributed by atoms with Gasteiger partial charge in [-0.25, -0.2) is 9.59 Å². The molecule has 162 valence electrons. The fourth-order valence-electron chi connectivity index (χ4n) is 3.22. The Bertz CT molecular complexity index is 935. The summed E-state index contributed by atoms with van der Waals surface area (Å²) < 4.78 is 5.01. The van der Waals surface area contributed by atoms with Crippen molar-refractivity contribution in [3.63, 3.8) is 0 Å². The normalized spacial score (nSPS) is 15.9. The second-order valence-corrected chi connectivity index (χ2v) is 6.89. The van der Waals surface area contributed by atoms with Gasteiger partial charge in [-0.15, -0.1) is 0 Å². The van der Waals surface area contributed by atoms with Gasteiger partial charge in [-0.1, -0.05) is 36.4 Å². The van der Waals surface area contributed by atoms with Crippen LogP contribution in [0.3, 0.4) is 0 Å². The molecule has 0 aliphatic carbocycles. The monoisotopic (exact) mass is 424 g/mol. The topological polar surface area (TPSA) is 108 Å². The van der Waals surface area contributed by atoms with E-state index in [2.05, 4.69) is 10.6 Å². The first-order valence-corrected chi connectivity index (χ1v) is 9.92. The molecule has 5 amide bonds. The number of carbonyl (C=O) groups is 4. The van der Waals surface area contributed by atoms with Crippen LogP contribution >= 0.6 is 0 Å². The van der Waals surface area contributed by atoms with E-state index in [9.17, 15) is 19.2 Å². The van der Waals surface area contributed by atoms with Gasteiger partial charge in [0.2, 0.25) is 5.91 Å². The van der Waals surface area contributed by atoms with E-state index in [0.717, 1.165) is 4.90 Å². The Kier molecular flexibility index (Phi) is 7.21. The highest BCUT2D eigenvalue weighted by atomic mass is 16.5. The number of amides is 5. The van der Waals surface area contributed by atoms with Gasteiger partial charge in [0.15, 0.2) is 0 Å². The minimum absolute atomic E-state index is 0.126. The minimum atomic E-state index is -0.720. The predicted octanol–water partition coefficient (Wildman–Crippen LogP) is 2.92. The van der Waals surface area contributed by atoms with E-state index >= 15 is 0 Å². The van der Waals surface area contributed by atoms with Crippen molar-refractivity contribution < 1.29 is 23.9 Å². The summed E-state index contributed by atoms with van der Waals surface area (Å²) >= 11 is 0. The molecule has 1 unspecified atom stereocenters. The van der Waals surface area contributed by atoms with Gasteiger partial charge < -0.3 is 20.3 Å². The van der Waals surface area contributed by atoms with Crippen molar-refractivity contribution in [2.45, 2.75) is 19.4 Å². The first kappa shape index (κ1) is 21.8. The van der Waals surface area contributed by atoms with Crippen LogP contribution in [0.25, 0.3) is 0 Å². The summed E-state index contributed by atoms with van der Waals surface area (Å²) in [5, 5.41) is 5.37. The quantitative estimate of drug-likeness (QED) is 0.718. The van der Waals surface area contributed by atoms with Gasteiger partial charge in [0.05, 0.1) is 25.6 Å². The number of carbonyl (C=O) groups excluding carboxylic acids is 4. The van der Waals surface area contributed by atoms with E-state index in [1.165, 1.54) is 4.90 Å². The summed E-state index contributed by atoms with van der Waals surface area (Å²) in [5.74, 6) is -1.06. The zero-order valence-electron chi connectivity index (χ0n) is 17.1. The van der Waals surface area contributed by atoms with E-state index in [0.29, 0.717) is 11.4 Å². The molecular formula is C22H24N4O5. The maximum absolute atomic E-state index is 12.8. The Hall–Kier alpha value is -3.88. The van der Waals surface area contributed by atoms with Crippen molar-refractivity contribution in [2.75, 3.05) is 30.3 Å². The zero-order valence-corrected chi connectivity index (χ0v) is 17.1. The molecule has 1 heterocycles. The van der Waals surface area contributed by atoms with Crippen molar-refractivity contribution >= 4 is 35.3 Å². The van der Waals surface area contributed by atoms with E-state index in [1.807, 2.05) is 6.07 Å². The van der Waals surface area contributed by atoms with E-state index in [4.69, 9.17) is 4.74 Å². The summed E-state index contributed by atoms with van der Waals surface area (Å²) in [6.07, 6.45) is -0.140. The molecule has 1 fully saturated rings. The highest BCUT2D eigenvalue weighted by molar-refractivity contribution is 6.04. The third-order valence-electron chi connectivity index (χ3n) is 4.70. The number of ether oxygens (including phenoxy) is 1. The largest absolute Gasteiger partial charge is 0.466 e. The van der Waals surface area contributed by atoms with E-state index in [-0.39, 0.29) is 26.1 Å². The average Bonchev–Trinajstić information content (AvgIpc) is 2.76. The van der Waals surface area contributed by atoms with Gasteiger partial charge in [0.1, 0.15) is 6.54 Å². The fraction of sp³-hybridized carbons (Fsp3) is 0.273. The van der Waals surface area contributed by atoms with Gasteiger partial charge in [-0.05, 0) is 31.2 Å². The summed E-state index contributed by atoms with van der Waals surface area (Å²) in [7, 11) is 0. The van der Waals surface area contributed by atoms with Crippen LogP contribution in [0.2, 0.25) is 0 Å². The Labute approximate surface area is 180 Å². The number of nitrogens with zero attached hydrogens (tertiary/aromatic N) is 2. The number of esters is 1. The molecular weight excluding hydrogens is 400 g/mol. The van der Waals surface area contributed by atoms with Gasteiger partial charge in [0, 0.05) is 11.4 Å². The Morgan fingerprint density at radius 3 is 2.03 bits per heavy atom. The molecule has 0 bridgehead atoms. The molecule has 2 aromatic carbocycles. The molecule has 1 aliphatic rings. The van der Waals surface area contributed by atoms with E-state index in [1.54, 1.807) is 61.5 Å². The molecule has 0 spiro atoms. The smallest absolute Gasteiger partial charge is 0.328 e. The number of anilines is 2. The molecule has 31 heavy (non-hydrogen) atoms.